The molecule has 0 bridgehead atoms. The number of ether oxygens (including phenoxy) is 1. The molecule has 0 heterocycles. The predicted octanol–water partition coefficient (Wildman–Crippen LogP) is 2.53. The summed E-state index contributed by atoms with van der Waals surface area (Å²) in [5, 5.41) is 0. The standard InChI is InChI=1S/C15H23NO4S/c1-11(15(2,3)4)16(5)21(18,19)13-10-8-7-9-12(13)14(17)20-6/h7-11H,1-6H3/t11-/m0/s1. The van der Waals surface area contributed by atoms with Gasteiger partial charge in [0.2, 0.25) is 10.0 Å². The van der Waals surface area contributed by atoms with Crippen molar-refractivity contribution < 1.29 is 17.9 Å². The van der Waals surface area contributed by atoms with Gasteiger partial charge in [0.1, 0.15) is 0 Å². The van der Waals surface area contributed by atoms with Crippen molar-refractivity contribution in [2.24, 2.45) is 5.41 Å². The monoisotopic (exact) mass is 313 g/mol. The number of sulfonamides is 1. The highest BCUT2D eigenvalue weighted by Crippen LogP contribution is 2.29. The van der Waals surface area contributed by atoms with Gasteiger partial charge in [0.15, 0.2) is 0 Å². The summed E-state index contributed by atoms with van der Waals surface area (Å²) in [5.74, 6) is -0.661. The highest BCUT2D eigenvalue weighted by atomic mass is 32.2. The first-order chi connectivity index (χ1) is 9.53. The van der Waals surface area contributed by atoms with Gasteiger partial charge in [0, 0.05) is 13.1 Å². The van der Waals surface area contributed by atoms with Crippen molar-refractivity contribution in [3.05, 3.63) is 29.8 Å². The van der Waals surface area contributed by atoms with Gasteiger partial charge in [-0.3, -0.25) is 0 Å². The Morgan fingerprint density at radius 1 is 1.24 bits per heavy atom. The van der Waals surface area contributed by atoms with Gasteiger partial charge in [-0.05, 0) is 24.5 Å². The highest BCUT2D eigenvalue weighted by Gasteiger charge is 2.34. The molecule has 0 aliphatic heterocycles. The Morgan fingerprint density at radius 2 is 1.76 bits per heavy atom. The maximum absolute atomic E-state index is 12.8. The minimum Gasteiger partial charge on any atom is -0.465 e. The number of hydrogen-bond acceptors (Lipinski definition) is 4. The number of hydrogen-bond donors (Lipinski definition) is 0. The van der Waals surface area contributed by atoms with Crippen LogP contribution >= 0.6 is 0 Å². The third-order valence-corrected chi connectivity index (χ3v) is 5.73. The molecule has 0 fully saturated rings. The van der Waals surface area contributed by atoms with Crippen LogP contribution in [-0.4, -0.2) is 38.9 Å². The van der Waals surface area contributed by atoms with Crippen molar-refractivity contribution >= 4 is 16.0 Å². The SMILES string of the molecule is COC(=O)c1ccccc1S(=O)(=O)N(C)[C@@H](C)C(C)(C)C. The van der Waals surface area contributed by atoms with E-state index in [0.29, 0.717) is 0 Å². The lowest BCUT2D eigenvalue weighted by atomic mass is 9.88. The van der Waals surface area contributed by atoms with Gasteiger partial charge in [-0.25, -0.2) is 13.2 Å². The molecule has 118 valence electrons. The van der Waals surface area contributed by atoms with Gasteiger partial charge < -0.3 is 4.74 Å². The fraction of sp³-hybridized carbons (Fsp3) is 0.533. The molecule has 1 aromatic rings. The summed E-state index contributed by atoms with van der Waals surface area (Å²) < 4.78 is 31.5. The van der Waals surface area contributed by atoms with E-state index in [2.05, 4.69) is 4.74 Å². The largest absolute Gasteiger partial charge is 0.465 e. The first-order valence-corrected chi connectivity index (χ1v) is 8.13. The minimum absolute atomic E-state index is 0.0320. The van der Waals surface area contributed by atoms with Crippen molar-refractivity contribution in [1.29, 1.82) is 0 Å². The molecule has 21 heavy (non-hydrogen) atoms. The number of nitrogens with zero attached hydrogens (tertiary/aromatic N) is 1. The van der Waals surface area contributed by atoms with Crippen molar-refractivity contribution in [1.82, 2.24) is 4.31 Å². The zero-order chi connectivity index (χ0) is 16.4. The van der Waals surface area contributed by atoms with E-state index in [9.17, 15) is 13.2 Å². The summed E-state index contributed by atoms with van der Waals surface area (Å²) >= 11 is 0. The van der Waals surface area contributed by atoms with Crippen LogP contribution in [0.4, 0.5) is 0 Å². The molecular formula is C15H23NO4S. The van der Waals surface area contributed by atoms with Crippen LogP contribution in [0.1, 0.15) is 38.1 Å². The molecule has 1 rings (SSSR count). The Balaban J connectivity index is 3.36. The zero-order valence-electron chi connectivity index (χ0n) is 13.4. The minimum atomic E-state index is -3.77. The van der Waals surface area contributed by atoms with E-state index in [1.165, 1.54) is 30.6 Å². The molecule has 1 atom stereocenters. The Bertz CT molecular complexity index is 617. The third-order valence-electron chi connectivity index (χ3n) is 3.75. The van der Waals surface area contributed by atoms with Crippen LogP contribution < -0.4 is 0 Å². The Hall–Kier alpha value is -1.40. The lowest BCUT2D eigenvalue weighted by Gasteiger charge is -2.34. The van der Waals surface area contributed by atoms with Crippen LogP contribution in [0, 0.1) is 5.41 Å². The number of rotatable bonds is 4. The number of esters is 1. The molecule has 0 N–H and O–H groups in total. The average molecular weight is 313 g/mol. The first kappa shape index (κ1) is 17.7. The summed E-state index contributed by atoms with van der Waals surface area (Å²) in [6, 6.07) is 5.85. The molecule has 0 saturated carbocycles. The molecule has 5 nitrogen and oxygen atoms in total. The molecule has 0 aliphatic carbocycles. The third kappa shape index (κ3) is 3.63. The van der Waals surface area contributed by atoms with Gasteiger partial charge in [0.05, 0.1) is 17.6 Å². The lowest BCUT2D eigenvalue weighted by Crippen LogP contribution is -2.43. The summed E-state index contributed by atoms with van der Waals surface area (Å²) in [7, 11) is -1.02. The number of carbonyl (C=O) groups is 1. The van der Waals surface area contributed by atoms with Crippen LogP contribution in [0.3, 0.4) is 0 Å². The molecule has 0 spiro atoms. The van der Waals surface area contributed by atoms with Gasteiger partial charge in [-0.1, -0.05) is 32.9 Å². The molecule has 1 aromatic carbocycles. The average Bonchev–Trinajstić information content (AvgIpc) is 2.43. The van der Waals surface area contributed by atoms with Crippen LogP contribution in [0.5, 0.6) is 0 Å². The second-order valence-corrected chi connectivity index (χ2v) is 8.02. The smallest absolute Gasteiger partial charge is 0.339 e. The van der Waals surface area contributed by atoms with Crippen molar-refractivity contribution in [2.45, 2.75) is 38.6 Å². The lowest BCUT2D eigenvalue weighted by molar-refractivity contribution is 0.0596. The maximum Gasteiger partial charge on any atom is 0.339 e. The van der Waals surface area contributed by atoms with E-state index in [1.807, 2.05) is 27.7 Å². The maximum atomic E-state index is 12.8. The van der Waals surface area contributed by atoms with Gasteiger partial charge in [-0.15, -0.1) is 0 Å². The van der Waals surface area contributed by atoms with Crippen molar-refractivity contribution in [3.63, 3.8) is 0 Å². The molecule has 0 unspecified atom stereocenters. The number of benzene rings is 1. The highest BCUT2D eigenvalue weighted by molar-refractivity contribution is 7.89. The van der Waals surface area contributed by atoms with Crippen molar-refractivity contribution in [2.75, 3.05) is 14.2 Å². The molecule has 0 saturated heterocycles. The van der Waals surface area contributed by atoms with Gasteiger partial charge in [0.25, 0.3) is 0 Å². The topological polar surface area (TPSA) is 63.7 Å². The van der Waals surface area contributed by atoms with Gasteiger partial charge >= 0.3 is 5.97 Å². The Labute approximate surface area is 127 Å². The molecular weight excluding hydrogens is 290 g/mol. The van der Waals surface area contributed by atoms with Crippen LogP contribution in [0.15, 0.2) is 29.2 Å². The molecule has 0 amide bonds. The normalized spacial score (nSPS) is 14.0. The van der Waals surface area contributed by atoms with E-state index in [-0.39, 0.29) is 21.9 Å². The van der Waals surface area contributed by atoms with Crippen LogP contribution in [0.25, 0.3) is 0 Å². The summed E-state index contributed by atoms with van der Waals surface area (Å²) in [5.41, 5.74) is -0.171. The van der Waals surface area contributed by atoms with E-state index < -0.39 is 16.0 Å². The number of methoxy groups -OCH3 is 1. The van der Waals surface area contributed by atoms with Crippen LogP contribution in [0.2, 0.25) is 0 Å². The first-order valence-electron chi connectivity index (χ1n) is 6.69. The second-order valence-electron chi connectivity index (χ2n) is 6.05. The van der Waals surface area contributed by atoms with E-state index in [4.69, 9.17) is 0 Å². The Morgan fingerprint density at radius 3 is 2.24 bits per heavy atom. The molecule has 6 heteroatoms. The van der Waals surface area contributed by atoms with E-state index in [1.54, 1.807) is 12.1 Å². The van der Waals surface area contributed by atoms with E-state index >= 15 is 0 Å². The molecule has 0 aliphatic rings. The fourth-order valence-electron chi connectivity index (χ4n) is 1.88. The van der Waals surface area contributed by atoms with Crippen LogP contribution in [-0.2, 0) is 14.8 Å². The quantitative estimate of drug-likeness (QED) is 0.801. The van der Waals surface area contributed by atoms with E-state index in [0.717, 1.165) is 0 Å². The predicted molar refractivity (Wildman–Crippen MR) is 81.6 cm³/mol. The van der Waals surface area contributed by atoms with Crippen molar-refractivity contribution in [3.8, 4) is 0 Å². The Kier molecular flexibility index (Phi) is 5.17. The summed E-state index contributed by atoms with van der Waals surface area (Å²) in [4.78, 5) is 11.7. The second kappa shape index (κ2) is 6.15. The molecule has 0 aromatic heterocycles. The summed E-state index contributed by atoms with van der Waals surface area (Å²) in [6.07, 6.45) is 0. The summed E-state index contributed by atoms with van der Waals surface area (Å²) in [6.45, 7) is 7.75. The number of carbonyl (C=O) groups excluding carboxylic acids is 1. The van der Waals surface area contributed by atoms with Gasteiger partial charge in [-0.2, -0.15) is 4.31 Å². The zero-order valence-corrected chi connectivity index (χ0v) is 14.2. The fourth-order valence-corrected chi connectivity index (χ4v) is 3.60. The molecule has 0 radical (unpaired) electrons.